The first-order valence-electron chi connectivity index (χ1n) is 11.2. The fourth-order valence-electron chi connectivity index (χ4n) is 3.23. The Morgan fingerprint density at radius 3 is 0.878 bits per heavy atom. The van der Waals surface area contributed by atoms with E-state index in [4.69, 9.17) is 46.4 Å². The van der Waals surface area contributed by atoms with Crippen molar-refractivity contribution in [3.8, 4) is 17.2 Å². The van der Waals surface area contributed by atoms with Gasteiger partial charge in [0.15, 0.2) is 0 Å². The zero-order chi connectivity index (χ0) is 28.5. The monoisotopic (exact) mass is 797 g/mol. The van der Waals surface area contributed by atoms with Crippen LogP contribution in [0.1, 0.15) is 0 Å². The molecule has 3 heterocycles. The smallest absolute Gasteiger partial charge is 2.00 e. The van der Waals surface area contributed by atoms with Crippen molar-refractivity contribution >= 4 is 79.1 Å². The average molecular weight is 799 g/mol. The van der Waals surface area contributed by atoms with Gasteiger partial charge in [-0.2, -0.15) is 0 Å². The number of halogens is 4. The van der Waals surface area contributed by atoms with Gasteiger partial charge in [0.1, 0.15) is 0 Å². The minimum absolute atomic E-state index is 0. The number of fused-ring (bicyclic) bond motifs is 3. The molecule has 41 heavy (non-hydrogen) atoms. The van der Waals surface area contributed by atoms with Crippen LogP contribution in [0, 0.1) is 0 Å². The number of benzene rings is 3. The summed E-state index contributed by atoms with van der Waals surface area (Å²) in [5.41, 5.74) is 1.65. The Morgan fingerprint density at radius 2 is 0.659 bits per heavy atom. The number of hydrogen-bond acceptors (Lipinski definition) is 6. The number of para-hydroxylation sites is 3. The van der Waals surface area contributed by atoms with Gasteiger partial charge in [-0.25, -0.2) is 0 Å². The zero-order valence-corrected chi connectivity index (χ0v) is 27.5. The molecule has 210 valence electrons. The van der Waals surface area contributed by atoms with Crippen LogP contribution in [0.4, 0.5) is 0 Å². The first-order valence-corrected chi connectivity index (χ1v) is 13.4. The number of nitrogens with zero attached hydrogens (tertiary/aromatic N) is 3. The summed E-state index contributed by atoms with van der Waals surface area (Å²) in [6.07, 6.45) is 4.89. The maximum absolute atomic E-state index is 11.1. The maximum Gasteiger partial charge on any atom is 5.00 e. The first kappa shape index (κ1) is 38.2. The minimum atomic E-state index is -0.0110. The molecule has 0 saturated heterocycles. The van der Waals surface area contributed by atoms with Gasteiger partial charge in [0.2, 0.25) is 0 Å². The van der Waals surface area contributed by atoms with Crippen molar-refractivity contribution < 1.29 is 43.2 Å². The third kappa shape index (κ3) is 12.7. The average Bonchev–Trinajstić information content (AvgIpc) is 2.96. The summed E-state index contributed by atoms with van der Waals surface area (Å²) < 4.78 is 0. The third-order valence-corrected chi connectivity index (χ3v) is 4.79. The van der Waals surface area contributed by atoms with E-state index in [2.05, 4.69) is 15.0 Å². The van der Waals surface area contributed by atoms with Gasteiger partial charge >= 0.3 is 22.4 Å². The largest absolute Gasteiger partial charge is 5.00 e. The van der Waals surface area contributed by atoms with Crippen LogP contribution >= 0.6 is 46.4 Å². The topological polar surface area (TPSA) is 136 Å². The number of rotatable bonds is 0. The van der Waals surface area contributed by atoms with Gasteiger partial charge in [-0.05, 0) is 34.4 Å². The molecule has 6 aromatic rings. The molecule has 0 fully saturated rings. The molecule has 0 amide bonds. The van der Waals surface area contributed by atoms with Gasteiger partial charge in [-0.1, -0.05) is 90.0 Å². The van der Waals surface area contributed by atoms with Crippen LogP contribution < -0.4 is 15.3 Å². The van der Waals surface area contributed by atoms with E-state index in [-0.39, 0.29) is 55.8 Å². The van der Waals surface area contributed by atoms with Crippen LogP contribution in [0.25, 0.3) is 32.7 Å². The summed E-state index contributed by atoms with van der Waals surface area (Å²) in [5, 5.41) is 36.4. The van der Waals surface area contributed by atoms with E-state index in [1.54, 1.807) is 36.8 Å². The Labute approximate surface area is 273 Å². The summed E-state index contributed by atoms with van der Waals surface area (Å²) in [6, 6.07) is 26.5. The van der Waals surface area contributed by atoms with E-state index in [1.165, 1.54) is 18.2 Å². The molecule has 3 aromatic carbocycles. The summed E-state index contributed by atoms with van der Waals surface area (Å²) in [4.78, 5) is 11.9. The molecule has 0 unspecified atom stereocenters. The second kappa shape index (κ2) is 21.8. The van der Waals surface area contributed by atoms with Crippen molar-refractivity contribution in [3.05, 3.63) is 110 Å². The van der Waals surface area contributed by atoms with Crippen LogP contribution in [-0.2, 0) is 27.9 Å². The molecule has 0 aliphatic rings. The minimum Gasteiger partial charge on any atom is -2.00 e. The van der Waals surface area contributed by atoms with Crippen molar-refractivity contribution in [1.82, 2.24) is 15.0 Å². The molecular formula is C29H22Cl4N3O4Ta. The van der Waals surface area contributed by atoms with Gasteiger partial charge in [0.25, 0.3) is 0 Å². The van der Waals surface area contributed by atoms with E-state index in [0.29, 0.717) is 16.6 Å². The van der Waals surface area contributed by atoms with Crippen molar-refractivity contribution in [2.24, 2.45) is 0 Å². The zero-order valence-electron chi connectivity index (χ0n) is 21.2. The Morgan fingerprint density at radius 1 is 0.439 bits per heavy atom. The fourth-order valence-corrected chi connectivity index (χ4v) is 3.23. The third-order valence-electron chi connectivity index (χ3n) is 4.79. The number of pyridine rings is 3. The molecule has 6 rings (SSSR count). The number of hydrogen-bond donors (Lipinski definition) is 0. The number of alkyl halides is 4. The molecule has 7 nitrogen and oxygen atoms in total. The second-order valence-electron chi connectivity index (χ2n) is 7.20. The van der Waals surface area contributed by atoms with Crippen molar-refractivity contribution in [1.29, 1.82) is 0 Å². The number of aromatic nitrogens is 3. The van der Waals surface area contributed by atoms with Crippen LogP contribution in [0.5, 0.6) is 17.2 Å². The molecule has 12 heteroatoms. The fraction of sp³-hybridized carbons (Fsp3) is 0.0690. The normalized spacial score (nSPS) is 9.07. The standard InChI is InChI=1S/3C9H7NO.2CH2Cl2.O.Ta/c3*11-8-5-1-3-7-4-2-6-10-9(7)8;2*2-1-3;;/h3*1-6,11H;2*1H2;;/q;;;;;-2;+5/p-3. The molecule has 0 atom stereocenters. The summed E-state index contributed by atoms with van der Waals surface area (Å²) in [7, 11) is 0. The molecule has 0 bridgehead atoms. The van der Waals surface area contributed by atoms with Crippen LogP contribution in [0.15, 0.2) is 110 Å². The quantitative estimate of drug-likeness (QED) is 0.158. The SMILES string of the molecule is ClCCl.ClCCl.[O-2].[O-]c1cccc2cccnc12.[O-]c1cccc2cccnc12.[O-]c1cccc2cccnc12.[Ta+5]. The molecule has 0 spiro atoms. The van der Waals surface area contributed by atoms with Crippen LogP contribution in [-0.4, -0.2) is 25.6 Å². The summed E-state index contributed by atoms with van der Waals surface area (Å²) in [5.74, 6) is -0.0331. The van der Waals surface area contributed by atoms with Crippen LogP contribution in [0.3, 0.4) is 0 Å². The molecule has 0 aliphatic carbocycles. The molecule has 3 aromatic heterocycles. The summed E-state index contributed by atoms with van der Waals surface area (Å²) >= 11 is 19.1. The van der Waals surface area contributed by atoms with Gasteiger partial charge in [0, 0.05) is 18.6 Å². The van der Waals surface area contributed by atoms with E-state index in [9.17, 15) is 15.3 Å². The van der Waals surface area contributed by atoms with E-state index in [1.807, 2.05) is 54.6 Å². The predicted octanol–water partition coefficient (Wildman–Crippen LogP) is 6.65. The van der Waals surface area contributed by atoms with Crippen molar-refractivity contribution in [2.75, 3.05) is 10.7 Å². The van der Waals surface area contributed by atoms with Crippen molar-refractivity contribution in [3.63, 3.8) is 0 Å². The molecule has 0 aliphatic heterocycles. The second-order valence-corrected chi connectivity index (χ2v) is 8.81. The van der Waals surface area contributed by atoms with E-state index < -0.39 is 0 Å². The van der Waals surface area contributed by atoms with Gasteiger partial charge in [-0.3, -0.25) is 15.0 Å². The van der Waals surface area contributed by atoms with Crippen LogP contribution in [0.2, 0.25) is 0 Å². The molecule has 0 saturated carbocycles. The van der Waals surface area contributed by atoms with Crippen molar-refractivity contribution in [2.45, 2.75) is 0 Å². The first-order chi connectivity index (χ1) is 19.0. The van der Waals surface area contributed by atoms with Gasteiger partial charge < -0.3 is 20.8 Å². The molecular weight excluding hydrogens is 777 g/mol. The van der Waals surface area contributed by atoms with Gasteiger partial charge in [0.05, 0.1) is 27.2 Å². The molecule has 0 N–H and O–H groups in total. The Hall–Kier alpha value is -2.85. The Bertz CT molecular complexity index is 1380. The Balaban J connectivity index is 0.000000522. The molecule has 0 radical (unpaired) electrons. The van der Waals surface area contributed by atoms with E-state index >= 15 is 0 Å². The maximum atomic E-state index is 11.1. The van der Waals surface area contributed by atoms with Gasteiger partial charge in [-0.15, -0.1) is 46.4 Å². The summed E-state index contributed by atoms with van der Waals surface area (Å²) in [6.45, 7) is 0. The Kier molecular flexibility index (Phi) is 20.3. The van der Waals surface area contributed by atoms with E-state index in [0.717, 1.165) is 16.2 Å². The predicted molar refractivity (Wildman–Crippen MR) is 157 cm³/mol.